The normalized spacial score (nSPS) is 14.7. The minimum atomic E-state index is -1.34. The predicted octanol–water partition coefficient (Wildman–Crippen LogP) is 4.31. The molecule has 1 atom stereocenters. The molecule has 182 valence electrons. The Morgan fingerprint density at radius 1 is 1.06 bits per heavy atom. The fourth-order valence-electron chi connectivity index (χ4n) is 4.65. The van der Waals surface area contributed by atoms with Gasteiger partial charge in [-0.3, -0.25) is 9.59 Å². The first-order valence-corrected chi connectivity index (χ1v) is 11.4. The number of nitrogens with zero attached hydrogens (tertiary/aromatic N) is 1. The largest absolute Gasteiger partial charge is 0.496 e. The van der Waals surface area contributed by atoms with Gasteiger partial charge in [0.25, 0.3) is 0 Å². The van der Waals surface area contributed by atoms with E-state index in [4.69, 9.17) is 4.74 Å². The number of aliphatic hydroxyl groups is 1. The Balaban J connectivity index is 1.67. The summed E-state index contributed by atoms with van der Waals surface area (Å²) in [5, 5.41) is 20.2. The molecular formula is C28H28FNO5. The number of halogens is 1. The molecular weight excluding hydrogens is 449 g/mol. The molecule has 0 bridgehead atoms. The molecule has 0 aliphatic carbocycles. The molecule has 1 heterocycles. The van der Waals surface area contributed by atoms with E-state index in [0.29, 0.717) is 52.1 Å². The lowest BCUT2D eigenvalue weighted by atomic mass is 9.88. The molecule has 2 N–H and O–H groups in total. The van der Waals surface area contributed by atoms with Gasteiger partial charge in [-0.1, -0.05) is 42.5 Å². The third-order valence-corrected chi connectivity index (χ3v) is 6.51. The highest BCUT2D eigenvalue weighted by molar-refractivity contribution is 5.81. The Morgan fingerprint density at radius 2 is 1.80 bits per heavy atom. The van der Waals surface area contributed by atoms with Gasteiger partial charge >= 0.3 is 5.97 Å². The maximum absolute atomic E-state index is 14.8. The fourth-order valence-corrected chi connectivity index (χ4v) is 4.65. The number of hydrogen-bond donors (Lipinski definition) is 2. The van der Waals surface area contributed by atoms with E-state index in [0.717, 1.165) is 0 Å². The number of fused-ring (bicyclic) bond motifs is 1. The minimum absolute atomic E-state index is 0.103. The number of methoxy groups -OCH3 is 1. The van der Waals surface area contributed by atoms with Crippen LogP contribution >= 0.6 is 0 Å². The highest BCUT2D eigenvalue weighted by Crippen LogP contribution is 2.38. The van der Waals surface area contributed by atoms with Crippen molar-refractivity contribution >= 4 is 11.9 Å². The van der Waals surface area contributed by atoms with Crippen LogP contribution in [0.15, 0.2) is 60.7 Å². The summed E-state index contributed by atoms with van der Waals surface area (Å²) in [5.41, 5.74) is 2.44. The summed E-state index contributed by atoms with van der Waals surface area (Å²) >= 11 is 0. The average Bonchev–Trinajstić information content (AvgIpc) is 2.84. The Bertz CT molecular complexity index is 1260. The first-order chi connectivity index (χ1) is 16.7. The van der Waals surface area contributed by atoms with Crippen molar-refractivity contribution in [2.24, 2.45) is 0 Å². The molecule has 0 fully saturated rings. The molecule has 0 spiro atoms. The van der Waals surface area contributed by atoms with Crippen molar-refractivity contribution in [2.45, 2.75) is 38.3 Å². The number of benzene rings is 3. The van der Waals surface area contributed by atoms with Gasteiger partial charge in [-0.05, 0) is 59.4 Å². The molecule has 1 amide bonds. The van der Waals surface area contributed by atoms with Gasteiger partial charge in [0.15, 0.2) is 0 Å². The van der Waals surface area contributed by atoms with Gasteiger partial charge in [-0.25, -0.2) is 4.39 Å². The highest BCUT2D eigenvalue weighted by atomic mass is 19.1. The van der Waals surface area contributed by atoms with Crippen molar-refractivity contribution in [3.63, 3.8) is 0 Å². The maximum Gasteiger partial charge on any atom is 0.307 e. The van der Waals surface area contributed by atoms with Crippen LogP contribution in [-0.4, -0.2) is 40.6 Å². The van der Waals surface area contributed by atoms with Crippen LogP contribution in [0.4, 0.5) is 4.39 Å². The second-order valence-corrected chi connectivity index (χ2v) is 9.04. The molecule has 35 heavy (non-hydrogen) atoms. The summed E-state index contributed by atoms with van der Waals surface area (Å²) in [7, 11) is 1.52. The first-order valence-electron chi connectivity index (χ1n) is 11.4. The second-order valence-electron chi connectivity index (χ2n) is 9.04. The number of carbonyl (C=O) groups is 2. The van der Waals surface area contributed by atoms with Gasteiger partial charge in [0.1, 0.15) is 11.6 Å². The summed E-state index contributed by atoms with van der Waals surface area (Å²) in [6, 6.07) is 17.2. The SMILES string of the molecule is COc1ccc(CC(=O)O)cc1-c1ccc(F)c2c1CN(C(=O)CC(C)(O)c1ccccc1)CC2. The molecule has 1 unspecified atom stereocenters. The topological polar surface area (TPSA) is 87.1 Å². The van der Waals surface area contributed by atoms with Crippen LogP contribution < -0.4 is 4.74 Å². The van der Waals surface area contributed by atoms with Crippen LogP contribution in [0, 0.1) is 5.82 Å². The Hall–Kier alpha value is -3.71. The first kappa shape index (κ1) is 24.4. The predicted molar refractivity (Wildman–Crippen MR) is 129 cm³/mol. The van der Waals surface area contributed by atoms with E-state index in [1.165, 1.54) is 13.2 Å². The van der Waals surface area contributed by atoms with E-state index >= 15 is 0 Å². The average molecular weight is 478 g/mol. The zero-order chi connectivity index (χ0) is 25.2. The zero-order valence-corrected chi connectivity index (χ0v) is 19.8. The molecule has 0 radical (unpaired) electrons. The fraction of sp³-hybridized carbons (Fsp3) is 0.286. The van der Waals surface area contributed by atoms with E-state index in [1.54, 1.807) is 48.2 Å². The van der Waals surface area contributed by atoms with Crippen molar-refractivity contribution in [3.05, 3.63) is 88.7 Å². The zero-order valence-electron chi connectivity index (χ0n) is 19.8. The summed E-state index contributed by atoms with van der Waals surface area (Å²) in [6.45, 7) is 2.13. The van der Waals surface area contributed by atoms with Gasteiger partial charge in [-0.15, -0.1) is 0 Å². The number of ether oxygens (including phenoxy) is 1. The van der Waals surface area contributed by atoms with E-state index in [-0.39, 0.29) is 31.1 Å². The smallest absolute Gasteiger partial charge is 0.307 e. The second kappa shape index (κ2) is 9.88. The maximum atomic E-state index is 14.8. The van der Waals surface area contributed by atoms with E-state index in [2.05, 4.69) is 0 Å². The minimum Gasteiger partial charge on any atom is -0.496 e. The highest BCUT2D eigenvalue weighted by Gasteiger charge is 2.32. The molecule has 0 aromatic heterocycles. The summed E-state index contributed by atoms with van der Waals surface area (Å²) in [5.74, 6) is -0.994. The van der Waals surface area contributed by atoms with Crippen molar-refractivity contribution < 1.29 is 28.9 Å². The van der Waals surface area contributed by atoms with Gasteiger partial charge in [0, 0.05) is 18.7 Å². The lowest BCUT2D eigenvalue weighted by Crippen LogP contribution is -2.40. The van der Waals surface area contributed by atoms with Crippen LogP contribution in [-0.2, 0) is 34.6 Å². The standard InChI is InChI=1S/C28H28FNO5/c1-28(34,19-6-4-3-5-7-19)16-26(31)30-13-12-21-23(17-30)20(9-10-24(21)29)22-14-18(15-27(32)33)8-11-25(22)35-2/h3-11,14,34H,12-13,15-17H2,1-2H3,(H,32,33). The summed E-state index contributed by atoms with van der Waals surface area (Å²) in [6.07, 6.45) is 0.0827. The quantitative estimate of drug-likeness (QED) is 0.530. The van der Waals surface area contributed by atoms with Crippen molar-refractivity contribution in [2.75, 3.05) is 13.7 Å². The molecule has 4 rings (SSSR count). The molecule has 1 aliphatic rings. The molecule has 0 saturated heterocycles. The lowest BCUT2D eigenvalue weighted by Gasteiger charge is -2.33. The van der Waals surface area contributed by atoms with Crippen molar-refractivity contribution in [1.29, 1.82) is 0 Å². The van der Waals surface area contributed by atoms with Crippen LogP contribution in [0.2, 0.25) is 0 Å². The third kappa shape index (κ3) is 5.20. The number of carboxylic acids is 1. The number of hydrogen-bond acceptors (Lipinski definition) is 4. The van der Waals surface area contributed by atoms with Gasteiger partial charge in [-0.2, -0.15) is 0 Å². The summed E-state index contributed by atoms with van der Waals surface area (Å²) < 4.78 is 20.3. The molecule has 3 aromatic rings. The Labute approximate surface area is 203 Å². The van der Waals surface area contributed by atoms with Crippen LogP contribution in [0.3, 0.4) is 0 Å². The third-order valence-electron chi connectivity index (χ3n) is 6.51. The van der Waals surface area contributed by atoms with Crippen LogP contribution in [0.25, 0.3) is 11.1 Å². The molecule has 1 aliphatic heterocycles. The van der Waals surface area contributed by atoms with Gasteiger partial charge in [0.2, 0.25) is 5.91 Å². The number of aliphatic carboxylic acids is 1. The van der Waals surface area contributed by atoms with Gasteiger partial charge < -0.3 is 19.8 Å². The number of carboxylic acid groups (broad SMARTS) is 1. The van der Waals surface area contributed by atoms with Gasteiger partial charge in [0.05, 0.1) is 25.6 Å². The number of amides is 1. The van der Waals surface area contributed by atoms with Crippen LogP contribution in [0.5, 0.6) is 5.75 Å². The monoisotopic (exact) mass is 477 g/mol. The van der Waals surface area contributed by atoms with E-state index in [1.807, 2.05) is 18.2 Å². The van der Waals surface area contributed by atoms with Crippen molar-refractivity contribution in [3.8, 4) is 16.9 Å². The summed E-state index contributed by atoms with van der Waals surface area (Å²) in [4.78, 5) is 26.1. The number of rotatable bonds is 7. The molecule has 6 nitrogen and oxygen atoms in total. The Kier molecular flexibility index (Phi) is 6.89. The van der Waals surface area contributed by atoms with Crippen LogP contribution in [0.1, 0.15) is 35.6 Å². The molecule has 0 saturated carbocycles. The lowest BCUT2D eigenvalue weighted by molar-refractivity contribution is -0.137. The van der Waals surface area contributed by atoms with Crippen molar-refractivity contribution in [1.82, 2.24) is 4.90 Å². The van der Waals surface area contributed by atoms with E-state index < -0.39 is 11.6 Å². The molecule has 7 heteroatoms. The number of carbonyl (C=O) groups excluding carboxylic acids is 1. The Morgan fingerprint density at radius 3 is 2.49 bits per heavy atom. The van der Waals surface area contributed by atoms with E-state index in [9.17, 15) is 24.2 Å². The molecule has 3 aromatic carbocycles.